The Morgan fingerprint density at radius 2 is 2.12 bits per heavy atom. The molecule has 4 heteroatoms. The van der Waals surface area contributed by atoms with Gasteiger partial charge in [-0.25, -0.2) is 0 Å². The van der Waals surface area contributed by atoms with Crippen molar-refractivity contribution in [2.75, 3.05) is 20.4 Å². The fourth-order valence-corrected chi connectivity index (χ4v) is 1.61. The third-order valence-corrected chi connectivity index (χ3v) is 2.45. The van der Waals surface area contributed by atoms with Crippen LogP contribution in [0.3, 0.4) is 0 Å². The number of rotatable bonds is 3. The largest absolute Gasteiger partial charge is 0.497 e. The summed E-state index contributed by atoms with van der Waals surface area (Å²) < 4.78 is 10.2. The standard InChI is InChI=1S/C12H13NO3/c1-15-11-4-2-9(3-5-11)12-10(6-14)7-16-8-13-12/h2-6,13H,7-8H2,1H3. The summed E-state index contributed by atoms with van der Waals surface area (Å²) in [6.45, 7) is 0.788. The summed E-state index contributed by atoms with van der Waals surface area (Å²) in [4.78, 5) is 10.9. The summed E-state index contributed by atoms with van der Waals surface area (Å²) in [6, 6.07) is 7.55. The summed E-state index contributed by atoms with van der Waals surface area (Å²) in [5, 5.41) is 3.06. The lowest BCUT2D eigenvalue weighted by atomic mass is 10.1. The van der Waals surface area contributed by atoms with E-state index in [9.17, 15) is 4.79 Å². The number of methoxy groups -OCH3 is 1. The van der Waals surface area contributed by atoms with Crippen LogP contribution in [0.15, 0.2) is 29.8 Å². The van der Waals surface area contributed by atoms with Gasteiger partial charge >= 0.3 is 0 Å². The van der Waals surface area contributed by atoms with Gasteiger partial charge in [0, 0.05) is 5.57 Å². The van der Waals surface area contributed by atoms with Crippen molar-refractivity contribution in [3.05, 3.63) is 35.4 Å². The second-order valence-corrected chi connectivity index (χ2v) is 3.42. The molecule has 0 radical (unpaired) electrons. The Morgan fingerprint density at radius 3 is 2.75 bits per heavy atom. The minimum Gasteiger partial charge on any atom is -0.497 e. The van der Waals surface area contributed by atoms with E-state index in [0.29, 0.717) is 18.9 Å². The van der Waals surface area contributed by atoms with Crippen LogP contribution in [0.1, 0.15) is 5.56 Å². The van der Waals surface area contributed by atoms with Crippen LogP contribution >= 0.6 is 0 Å². The van der Waals surface area contributed by atoms with Gasteiger partial charge in [-0.1, -0.05) is 0 Å². The molecule has 0 aromatic heterocycles. The monoisotopic (exact) mass is 219 g/mol. The van der Waals surface area contributed by atoms with Crippen LogP contribution in [-0.2, 0) is 9.53 Å². The van der Waals surface area contributed by atoms with Crippen molar-refractivity contribution < 1.29 is 14.3 Å². The first-order valence-electron chi connectivity index (χ1n) is 4.99. The molecule has 1 aromatic rings. The molecular formula is C12H13NO3. The Bertz CT molecular complexity index is 409. The molecule has 1 aliphatic heterocycles. The van der Waals surface area contributed by atoms with E-state index in [0.717, 1.165) is 23.3 Å². The minimum absolute atomic E-state index is 0.359. The SMILES string of the molecule is COc1ccc(C2=C(C=O)COCN2)cc1. The molecule has 0 spiro atoms. The summed E-state index contributed by atoms with van der Waals surface area (Å²) in [7, 11) is 1.62. The maximum atomic E-state index is 10.9. The van der Waals surface area contributed by atoms with Gasteiger partial charge in [0.1, 0.15) is 18.8 Å². The molecule has 1 N–H and O–H groups in total. The summed E-state index contributed by atoms with van der Waals surface area (Å²) in [5.41, 5.74) is 2.44. The summed E-state index contributed by atoms with van der Waals surface area (Å²) in [6.07, 6.45) is 0.825. The van der Waals surface area contributed by atoms with E-state index >= 15 is 0 Å². The van der Waals surface area contributed by atoms with Gasteiger partial charge in [-0.15, -0.1) is 0 Å². The lowest BCUT2D eigenvalue weighted by Crippen LogP contribution is -2.25. The van der Waals surface area contributed by atoms with Gasteiger partial charge in [-0.3, -0.25) is 4.79 Å². The molecule has 1 aliphatic rings. The molecular weight excluding hydrogens is 206 g/mol. The maximum Gasteiger partial charge on any atom is 0.150 e. The zero-order chi connectivity index (χ0) is 11.4. The number of ether oxygens (including phenoxy) is 2. The average molecular weight is 219 g/mol. The van der Waals surface area contributed by atoms with Crippen LogP contribution in [0.4, 0.5) is 0 Å². The molecule has 0 amide bonds. The minimum atomic E-state index is 0.359. The van der Waals surface area contributed by atoms with E-state index in [-0.39, 0.29) is 0 Å². The van der Waals surface area contributed by atoms with Crippen molar-refractivity contribution in [1.82, 2.24) is 5.32 Å². The third kappa shape index (κ3) is 2.06. The van der Waals surface area contributed by atoms with E-state index in [2.05, 4.69) is 5.32 Å². The predicted octanol–water partition coefficient (Wildman–Crippen LogP) is 1.18. The zero-order valence-electron chi connectivity index (χ0n) is 9.03. The molecule has 0 bridgehead atoms. The molecule has 0 saturated carbocycles. The van der Waals surface area contributed by atoms with Crippen molar-refractivity contribution >= 4 is 12.0 Å². The molecule has 0 atom stereocenters. The van der Waals surface area contributed by atoms with Gasteiger partial charge in [0.2, 0.25) is 0 Å². The predicted molar refractivity (Wildman–Crippen MR) is 59.9 cm³/mol. The van der Waals surface area contributed by atoms with E-state index in [1.165, 1.54) is 0 Å². The van der Waals surface area contributed by atoms with Crippen molar-refractivity contribution in [2.45, 2.75) is 0 Å². The number of nitrogens with one attached hydrogen (secondary N) is 1. The number of benzene rings is 1. The van der Waals surface area contributed by atoms with Crippen molar-refractivity contribution in [2.24, 2.45) is 0 Å². The Labute approximate surface area is 93.9 Å². The zero-order valence-corrected chi connectivity index (χ0v) is 9.03. The van der Waals surface area contributed by atoms with Crippen LogP contribution in [-0.4, -0.2) is 26.7 Å². The van der Waals surface area contributed by atoms with Crippen molar-refractivity contribution in [1.29, 1.82) is 0 Å². The first-order valence-corrected chi connectivity index (χ1v) is 4.99. The van der Waals surface area contributed by atoms with E-state index < -0.39 is 0 Å². The van der Waals surface area contributed by atoms with Crippen LogP contribution < -0.4 is 10.1 Å². The number of hydrogen-bond donors (Lipinski definition) is 1. The van der Waals surface area contributed by atoms with E-state index in [1.807, 2.05) is 24.3 Å². The molecule has 16 heavy (non-hydrogen) atoms. The van der Waals surface area contributed by atoms with Gasteiger partial charge in [0.15, 0.2) is 0 Å². The molecule has 1 heterocycles. The van der Waals surface area contributed by atoms with E-state index in [1.54, 1.807) is 7.11 Å². The van der Waals surface area contributed by atoms with Crippen molar-refractivity contribution in [3.63, 3.8) is 0 Å². The van der Waals surface area contributed by atoms with Gasteiger partial charge in [-0.05, 0) is 29.8 Å². The normalized spacial score (nSPS) is 15.6. The quantitative estimate of drug-likeness (QED) is 0.775. The van der Waals surface area contributed by atoms with E-state index in [4.69, 9.17) is 9.47 Å². The summed E-state index contributed by atoms with van der Waals surface area (Å²) in [5.74, 6) is 0.795. The number of aldehydes is 1. The number of carbonyl (C=O) groups is 1. The molecule has 84 valence electrons. The molecule has 4 nitrogen and oxygen atoms in total. The fourth-order valence-electron chi connectivity index (χ4n) is 1.61. The van der Waals surface area contributed by atoms with Crippen LogP contribution in [0.5, 0.6) is 5.75 Å². The van der Waals surface area contributed by atoms with Crippen molar-refractivity contribution in [3.8, 4) is 5.75 Å². The van der Waals surface area contributed by atoms with Gasteiger partial charge in [0.25, 0.3) is 0 Å². The Balaban J connectivity index is 2.34. The maximum absolute atomic E-state index is 10.9. The van der Waals surface area contributed by atoms with Gasteiger partial charge in [-0.2, -0.15) is 0 Å². The van der Waals surface area contributed by atoms with Crippen LogP contribution in [0.25, 0.3) is 5.70 Å². The van der Waals surface area contributed by atoms with Crippen LogP contribution in [0.2, 0.25) is 0 Å². The van der Waals surface area contributed by atoms with Gasteiger partial charge in [0.05, 0.1) is 19.4 Å². The Kier molecular flexibility index (Phi) is 3.22. The fraction of sp³-hybridized carbons (Fsp3) is 0.250. The molecule has 1 aromatic carbocycles. The highest BCUT2D eigenvalue weighted by atomic mass is 16.5. The highest BCUT2D eigenvalue weighted by Crippen LogP contribution is 2.20. The number of carbonyl (C=O) groups excluding carboxylic acids is 1. The summed E-state index contributed by atoms with van der Waals surface area (Å²) >= 11 is 0. The second-order valence-electron chi connectivity index (χ2n) is 3.42. The highest BCUT2D eigenvalue weighted by molar-refractivity contribution is 5.88. The molecule has 2 rings (SSSR count). The second kappa shape index (κ2) is 4.81. The van der Waals surface area contributed by atoms with Crippen LogP contribution in [0, 0.1) is 0 Å². The average Bonchev–Trinajstić information content (AvgIpc) is 2.39. The first kappa shape index (κ1) is 10.7. The molecule has 0 fully saturated rings. The Morgan fingerprint density at radius 1 is 1.38 bits per heavy atom. The smallest absolute Gasteiger partial charge is 0.150 e. The lowest BCUT2D eigenvalue weighted by molar-refractivity contribution is -0.105. The Hall–Kier alpha value is -1.81. The first-order chi connectivity index (χ1) is 7.85. The molecule has 0 saturated heterocycles. The molecule has 0 unspecified atom stereocenters. The highest BCUT2D eigenvalue weighted by Gasteiger charge is 2.13. The molecule has 0 aliphatic carbocycles. The van der Waals surface area contributed by atoms with Gasteiger partial charge < -0.3 is 14.8 Å². The lowest BCUT2D eigenvalue weighted by Gasteiger charge is -2.19. The third-order valence-electron chi connectivity index (χ3n) is 2.45. The number of hydrogen-bond acceptors (Lipinski definition) is 4. The topological polar surface area (TPSA) is 47.6 Å².